The van der Waals surface area contributed by atoms with E-state index >= 15 is 0 Å². The van der Waals surface area contributed by atoms with Crippen molar-refractivity contribution in [2.45, 2.75) is 13.1 Å². The van der Waals surface area contributed by atoms with Gasteiger partial charge < -0.3 is 15.0 Å². The quantitative estimate of drug-likeness (QED) is 0.888. The number of rotatable bonds is 5. The van der Waals surface area contributed by atoms with Gasteiger partial charge in [0.25, 0.3) is 0 Å². The molecule has 25 heavy (non-hydrogen) atoms. The minimum Gasteiger partial charge on any atom is -0.378 e. The molecule has 0 saturated carbocycles. The molecular weight excluding hydrogens is 341 g/mol. The monoisotopic (exact) mass is 361 g/mol. The normalized spacial score (nSPS) is 13.8. The van der Waals surface area contributed by atoms with Crippen LogP contribution in [-0.2, 0) is 17.8 Å². The Morgan fingerprint density at radius 2 is 1.80 bits per heavy atom. The van der Waals surface area contributed by atoms with E-state index in [-0.39, 0.29) is 18.2 Å². The first-order valence-electron chi connectivity index (χ1n) is 8.07. The Morgan fingerprint density at radius 3 is 2.48 bits per heavy atom. The van der Waals surface area contributed by atoms with Crippen LogP contribution in [-0.4, -0.2) is 26.3 Å². The van der Waals surface area contributed by atoms with Crippen molar-refractivity contribution in [1.82, 2.24) is 5.32 Å². The highest BCUT2D eigenvalue weighted by Gasteiger charge is 2.15. The number of benzene rings is 2. The molecule has 0 spiro atoms. The summed E-state index contributed by atoms with van der Waals surface area (Å²) in [6.07, 6.45) is 0. The fourth-order valence-electron chi connectivity index (χ4n) is 2.82. The van der Waals surface area contributed by atoms with Crippen molar-refractivity contribution in [2.24, 2.45) is 0 Å². The van der Waals surface area contributed by atoms with Gasteiger partial charge in [-0.2, -0.15) is 5.26 Å². The number of hydrogen-bond donors (Lipinski definition) is 1. The lowest BCUT2D eigenvalue weighted by Crippen LogP contribution is -2.36. The van der Waals surface area contributed by atoms with Crippen molar-refractivity contribution in [2.75, 3.05) is 31.2 Å². The first-order chi connectivity index (χ1) is 11.8. The predicted molar refractivity (Wildman–Crippen MR) is 98.4 cm³/mol. The number of nitrogens with zero attached hydrogens (tertiary/aromatic N) is 2. The zero-order valence-corrected chi connectivity index (χ0v) is 14.7. The molecule has 2 aromatic carbocycles. The van der Waals surface area contributed by atoms with Crippen molar-refractivity contribution < 1.29 is 9.13 Å². The van der Waals surface area contributed by atoms with Crippen LogP contribution in [0.4, 0.5) is 10.1 Å². The molecule has 4 nitrogen and oxygen atoms in total. The van der Waals surface area contributed by atoms with Crippen LogP contribution in [0.3, 0.4) is 0 Å². The number of nitriles is 1. The Morgan fingerprint density at radius 1 is 1.08 bits per heavy atom. The highest BCUT2D eigenvalue weighted by atomic mass is 35.5. The molecule has 0 aliphatic carbocycles. The summed E-state index contributed by atoms with van der Waals surface area (Å²) < 4.78 is 19.6. The topological polar surface area (TPSA) is 48.3 Å². The summed E-state index contributed by atoms with van der Waals surface area (Å²) in [6.45, 7) is 3.96. The van der Waals surface area contributed by atoms with E-state index in [2.05, 4.69) is 11.4 Å². The van der Waals surface area contributed by atoms with Crippen LogP contribution >= 0.6 is 12.4 Å². The van der Waals surface area contributed by atoms with E-state index in [1.54, 1.807) is 12.1 Å². The average Bonchev–Trinajstić information content (AvgIpc) is 2.63. The van der Waals surface area contributed by atoms with Gasteiger partial charge in [0.1, 0.15) is 5.82 Å². The SMILES string of the molecule is Cl.N#Cc1cccc(CNCc2ccc(N3CCOCC3)c(F)c2)c1. The molecule has 1 heterocycles. The summed E-state index contributed by atoms with van der Waals surface area (Å²) in [5.41, 5.74) is 3.24. The molecule has 2 aromatic rings. The second kappa shape index (κ2) is 9.38. The Hall–Kier alpha value is -2.13. The first kappa shape index (κ1) is 19.2. The Bertz CT molecular complexity index is 742. The Balaban J connectivity index is 0.00000225. The third-order valence-corrected chi connectivity index (χ3v) is 4.08. The molecule has 3 rings (SSSR count). The van der Waals surface area contributed by atoms with Crippen molar-refractivity contribution >= 4 is 18.1 Å². The van der Waals surface area contributed by atoms with Gasteiger partial charge in [-0.1, -0.05) is 18.2 Å². The summed E-state index contributed by atoms with van der Waals surface area (Å²) in [6, 6.07) is 15.0. The van der Waals surface area contributed by atoms with Gasteiger partial charge in [0.2, 0.25) is 0 Å². The molecule has 132 valence electrons. The third kappa shape index (κ3) is 5.17. The molecule has 1 aliphatic rings. The minimum absolute atomic E-state index is 0. The van der Waals surface area contributed by atoms with Gasteiger partial charge in [-0.25, -0.2) is 4.39 Å². The maximum atomic E-state index is 14.3. The number of ether oxygens (including phenoxy) is 1. The molecule has 1 aliphatic heterocycles. The van der Waals surface area contributed by atoms with Crippen molar-refractivity contribution in [1.29, 1.82) is 5.26 Å². The smallest absolute Gasteiger partial charge is 0.146 e. The number of morpholine rings is 1. The number of nitrogens with one attached hydrogen (secondary N) is 1. The van der Waals surface area contributed by atoms with E-state index in [1.807, 2.05) is 35.2 Å². The van der Waals surface area contributed by atoms with Crippen LogP contribution < -0.4 is 10.2 Å². The van der Waals surface area contributed by atoms with Crippen LogP contribution in [0.1, 0.15) is 16.7 Å². The minimum atomic E-state index is -0.192. The predicted octanol–water partition coefficient (Wildman–Crippen LogP) is 3.25. The van der Waals surface area contributed by atoms with Crippen molar-refractivity contribution in [3.8, 4) is 6.07 Å². The van der Waals surface area contributed by atoms with Gasteiger partial charge >= 0.3 is 0 Å². The van der Waals surface area contributed by atoms with Gasteiger partial charge in [-0.3, -0.25) is 0 Å². The van der Waals surface area contributed by atoms with Crippen LogP contribution in [0, 0.1) is 17.1 Å². The zero-order chi connectivity index (χ0) is 16.8. The summed E-state index contributed by atoms with van der Waals surface area (Å²) in [5.74, 6) is -0.192. The number of hydrogen-bond acceptors (Lipinski definition) is 4. The summed E-state index contributed by atoms with van der Waals surface area (Å²) in [5, 5.41) is 12.2. The lowest BCUT2D eigenvalue weighted by Gasteiger charge is -2.29. The van der Waals surface area contributed by atoms with Crippen molar-refractivity contribution in [3.05, 3.63) is 65.0 Å². The number of anilines is 1. The van der Waals surface area contributed by atoms with Crippen LogP contribution in [0.15, 0.2) is 42.5 Å². The third-order valence-electron chi connectivity index (χ3n) is 4.08. The largest absolute Gasteiger partial charge is 0.378 e. The molecule has 0 atom stereocenters. The maximum absolute atomic E-state index is 14.3. The van der Waals surface area contributed by atoms with Crippen molar-refractivity contribution in [3.63, 3.8) is 0 Å². The van der Waals surface area contributed by atoms with Gasteiger partial charge in [-0.05, 0) is 35.4 Å². The van der Waals surface area contributed by atoms with Gasteiger partial charge in [0, 0.05) is 26.2 Å². The van der Waals surface area contributed by atoms with E-state index in [0.717, 1.165) is 24.2 Å². The van der Waals surface area contributed by atoms with Crippen LogP contribution in [0.5, 0.6) is 0 Å². The zero-order valence-electron chi connectivity index (χ0n) is 13.9. The lowest BCUT2D eigenvalue weighted by molar-refractivity contribution is 0.122. The molecule has 0 radical (unpaired) electrons. The van der Waals surface area contributed by atoms with Gasteiger partial charge in [0.05, 0.1) is 30.5 Å². The standard InChI is InChI=1S/C19H20FN3O.ClH/c20-18-11-17(4-5-19(18)23-6-8-24-9-7-23)14-22-13-16-3-1-2-15(10-16)12-21;/h1-5,10-11,22H,6-9,13-14H2;1H. The average molecular weight is 362 g/mol. The number of halogens is 2. The first-order valence-corrected chi connectivity index (χ1v) is 8.07. The lowest BCUT2D eigenvalue weighted by atomic mass is 10.1. The molecule has 0 unspecified atom stereocenters. The molecule has 6 heteroatoms. The Labute approximate surface area is 153 Å². The van der Waals surface area contributed by atoms with E-state index in [4.69, 9.17) is 10.00 Å². The van der Waals surface area contributed by atoms with Gasteiger partial charge in [0.15, 0.2) is 0 Å². The van der Waals surface area contributed by atoms with E-state index < -0.39 is 0 Å². The fourth-order valence-corrected chi connectivity index (χ4v) is 2.82. The van der Waals surface area contributed by atoms with E-state index in [1.165, 1.54) is 0 Å². The fraction of sp³-hybridized carbons (Fsp3) is 0.316. The summed E-state index contributed by atoms with van der Waals surface area (Å²) >= 11 is 0. The second-order valence-corrected chi connectivity index (χ2v) is 5.80. The second-order valence-electron chi connectivity index (χ2n) is 5.80. The molecular formula is C19H21ClFN3O. The Kier molecular flexibility index (Phi) is 7.20. The van der Waals surface area contributed by atoms with Crippen LogP contribution in [0.25, 0.3) is 0 Å². The molecule has 0 amide bonds. The molecule has 1 saturated heterocycles. The van der Waals surface area contributed by atoms with E-state index in [9.17, 15) is 4.39 Å². The molecule has 0 bridgehead atoms. The van der Waals surface area contributed by atoms with Gasteiger partial charge in [-0.15, -0.1) is 12.4 Å². The maximum Gasteiger partial charge on any atom is 0.146 e. The summed E-state index contributed by atoms with van der Waals surface area (Å²) in [4.78, 5) is 2.02. The van der Waals surface area contributed by atoms with E-state index in [0.29, 0.717) is 37.6 Å². The highest BCUT2D eigenvalue weighted by Crippen LogP contribution is 2.21. The highest BCUT2D eigenvalue weighted by molar-refractivity contribution is 5.85. The summed E-state index contributed by atoms with van der Waals surface area (Å²) in [7, 11) is 0. The van der Waals surface area contributed by atoms with Crippen LogP contribution in [0.2, 0.25) is 0 Å². The molecule has 0 aromatic heterocycles. The molecule has 1 fully saturated rings. The molecule has 1 N–H and O–H groups in total.